The first kappa shape index (κ1) is 27.4. The molecular weight excluding hydrogens is 503 g/mol. The lowest BCUT2D eigenvalue weighted by molar-refractivity contribution is -0.120. The number of benzene rings is 1. The normalized spacial score (nSPS) is 21.9. The summed E-state index contributed by atoms with van der Waals surface area (Å²) in [5.41, 5.74) is 1.83. The molecule has 0 spiro atoms. The van der Waals surface area contributed by atoms with Crippen molar-refractivity contribution >= 4 is 34.7 Å². The number of halogens is 1. The molecule has 5 rings (SSSR count). The molecule has 11 nitrogen and oxygen atoms in total. The molecule has 4 heterocycles. The van der Waals surface area contributed by atoms with Gasteiger partial charge in [0.2, 0.25) is 11.9 Å². The minimum Gasteiger partial charge on any atom is -0.488 e. The highest BCUT2D eigenvalue weighted by Gasteiger charge is 2.41. The minimum absolute atomic E-state index is 0.0303. The van der Waals surface area contributed by atoms with Crippen molar-refractivity contribution in [2.45, 2.75) is 38.3 Å². The number of hydrogen-bond donors (Lipinski definition) is 3. The van der Waals surface area contributed by atoms with Gasteiger partial charge in [-0.25, -0.2) is 9.37 Å². The highest BCUT2D eigenvalue weighted by molar-refractivity contribution is 6.04. The Kier molecular flexibility index (Phi) is 8.34. The van der Waals surface area contributed by atoms with Crippen LogP contribution in [0.4, 0.5) is 33.2 Å². The van der Waals surface area contributed by atoms with Gasteiger partial charge in [0.25, 0.3) is 0 Å². The summed E-state index contributed by atoms with van der Waals surface area (Å²) in [5.74, 6) is 0.596. The summed E-state index contributed by atoms with van der Waals surface area (Å²) in [6.45, 7) is 7.17. The van der Waals surface area contributed by atoms with E-state index in [1.807, 2.05) is 13.0 Å². The van der Waals surface area contributed by atoms with Gasteiger partial charge in [0, 0.05) is 70.6 Å². The van der Waals surface area contributed by atoms with E-state index in [-0.39, 0.29) is 37.0 Å². The van der Waals surface area contributed by atoms with E-state index in [2.05, 4.69) is 37.4 Å². The molecule has 212 valence electrons. The molecule has 3 aliphatic rings. The van der Waals surface area contributed by atoms with Crippen molar-refractivity contribution in [2.75, 3.05) is 86.6 Å². The van der Waals surface area contributed by atoms with Crippen LogP contribution in [0.3, 0.4) is 0 Å². The first-order chi connectivity index (χ1) is 18.9. The molecule has 1 aromatic carbocycles. The molecular formula is C27H39FN8O3. The lowest BCUT2D eigenvalue weighted by Gasteiger charge is -2.43. The van der Waals surface area contributed by atoms with Crippen molar-refractivity contribution in [1.29, 1.82) is 0 Å². The van der Waals surface area contributed by atoms with Crippen molar-refractivity contribution in [3.05, 3.63) is 24.1 Å². The number of nitrogens with one attached hydrogen (secondary N) is 2. The van der Waals surface area contributed by atoms with Crippen molar-refractivity contribution in [3.63, 3.8) is 0 Å². The predicted octanol–water partition coefficient (Wildman–Crippen LogP) is 1.80. The van der Waals surface area contributed by atoms with E-state index >= 15 is 4.39 Å². The Morgan fingerprint density at radius 3 is 2.72 bits per heavy atom. The van der Waals surface area contributed by atoms with Gasteiger partial charge in [0.05, 0.1) is 18.5 Å². The molecule has 0 aliphatic carbocycles. The van der Waals surface area contributed by atoms with Crippen LogP contribution < -0.4 is 30.1 Å². The van der Waals surface area contributed by atoms with Crippen LogP contribution in [0.1, 0.15) is 26.2 Å². The van der Waals surface area contributed by atoms with Gasteiger partial charge in [-0.3, -0.25) is 4.79 Å². The fraction of sp³-hybridized carbons (Fsp3) is 0.593. The maximum absolute atomic E-state index is 15.4. The predicted molar refractivity (Wildman–Crippen MR) is 150 cm³/mol. The first-order valence-corrected chi connectivity index (χ1v) is 13.8. The molecule has 0 bridgehead atoms. The number of hydrogen-bond acceptors (Lipinski definition) is 10. The van der Waals surface area contributed by atoms with Gasteiger partial charge in [-0.1, -0.05) is 6.92 Å². The zero-order valence-corrected chi connectivity index (χ0v) is 23.0. The lowest BCUT2D eigenvalue weighted by Crippen LogP contribution is -2.56. The van der Waals surface area contributed by atoms with Gasteiger partial charge < -0.3 is 40.1 Å². The molecule has 39 heavy (non-hydrogen) atoms. The third kappa shape index (κ3) is 5.59. The van der Waals surface area contributed by atoms with Gasteiger partial charge in [0.1, 0.15) is 11.7 Å². The first-order valence-electron chi connectivity index (χ1n) is 13.8. The lowest BCUT2D eigenvalue weighted by atomic mass is 10.0. The fourth-order valence-corrected chi connectivity index (χ4v) is 5.56. The number of rotatable bonds is 9. The van der Waals surface area contributed by atoms with Crippen LogP contribution in [0.5, 0.6) is 5.75 Å². The van der Waals surface area contributed by atoms with Gasteiger partial charge in [-0.2, -0.15) is 4.98 Å². The van der Waals surface area contributed by atoms with E-state index in [0.29, 0.717) is 36.0 Å². The summed E-state index contributed by atoms with van der Waals surface area (Å²) in [4.78, 5) is 30.7. The van der Waals surface area contributed by atoms with E-state index in [1.165, 1.54) is 6.07 Å². The SMILES string of the molecule is CC[C@@H]1C(=O)N(C)c2cnc(Nc3cc(N4CCN(C)CC4)cc(F)c3OCCCO)nc2N1C1CCNC1. The average Bonchev–Trinajstić information content (AvgIpc) is 3.47. The van der Waals surface area contributed by atoms with Crippen LogP contribution in [-0.4, -0.2) is 105 Å². The third-order valence-electron chi connectivity index (χ3n) is 7.81. The summed E-state index contributed by atoms with van der Waals surface area (Å²) < 4.78 is 21.2. The summed E-state index contributed by atoms with van der Waals surface area (Å²) >= 11 is 0. The highest BCUT2D eigenvalue weighted by Crippen LogP contribution is 2.39. The fourth-order valence-electron chi connectivity index (χ4n) is 5.56. The Hall–Kier alpha value is -3.22. The molecule has 12 heteroatoms. The zero-order valence-electron chi connectivity index (χ0n) is 23.0. The number of aliphatic hydroxyl groups excluding tert-OH is 1. The largest absolute Gasteiger partial charge is 0.488 e. The molecule has 2 fully saturated rings. The van der Waals surface area contributed by atoms with E-state index < -0.39 is 5.82 Å². The Balaban J connectivity index is 1.51. The van der Waals surface area contributed by atoms with Crippen molar-refractivity contribution in [2.24, 2.45) is 0 Å². The summed E-state index contributed by atoms with van der Waals surface area (Å²) in [7, 11) is 3.84. The van der Waals surface area contributed by atoms with Crippen molar-refractivity contribution < 1.29 is 19.0 Å². The number of anilines is 5. The second-order valence-electron chi connectivity index (χ2n) is 10.4. The zero-order chi connectivity index (χ0) is 27.5. The highest BCUT2D eigenvalue weighted by atomic mass is 19.1. The quantitative estimate of drug-likeness (QED) is 0.406. The number of piperazine rings is 1. The topological polar surface area (TPSA) is 109 Å². The average molecular weight is 543 g/mol. The second-order valence-corrected chi connectivity index (χ2v) is 10.4. The Bertz CT molecular complexity index is 1170. The van der Waals surface area contributed by atoms with E-state index in [0.717, 1.165) is 51.4 Å². The number of ether oxygens (including phenoxy) is 1. The number of fused-ring (bicyclic) bond motifs is 1. The molecule has 2 saturated heterocycles. The van der Waals surface area contributed by atoms with Crippen LogP contribution in [0.2, 0.25) is 0 Å². The Labute approximate surface area is 228 Å². The maximum atomic E-state index is 15.4. The number of aliphatic hydroxyl groups is 1. The summed E-state index contributed by atoms with van der Waals surface area (Å²) in [6, 6.07) is 3.20. The smallest absolute Gasteiger partial charge is 0.249 e. The number of nitrogens with zero attached hydrogens (tertiary/aromatic N) is 6. The third-order valence-corrected chi connectivity index (χ3v) is 7.81. The Morgan fingerprint density at radius 2 is 2.03 bits per heavy atom. The molecule has 1 aromatic heterocycles. The standard InChI is InChI=1S/C27H39FN8O3/c1-4-22-26(38)34(3)23-17-30-27(32-25(23)36(22)18-6-7-29-16-18)31-21-15-19(35-10-8-33(2)9-11-35)14-20(28)24(21)39-13-5-12-37/h14-15,17-18,22,29,37H,4-13,16H2,1-3H3,(H,30,31,32)/t18?,22-/m1/s1. The van der Waals surface area contributed by atoms with Crippen molar-refractivity contribution in [1.82, 2.24) is 20.2 Å². The number of carbonyl (C=O) groups is 1. The van der Waals surface area contributed by atoms with Crippen molar-refractivity contribution in [3.8, 4) is 5.75 Å². The monoisotopic (exact) mass is 542 g/mol. The maximum Gasteiger partial charge on any atom is 0.249 e. The molecule has 0 saturated carbocycles. The van der Waals surface area contributed by atoms with Crippen LogP contribution in [-0.2, 0) is 4.79 Å². The molecule has 1 unspecified atom stereocenters. The van der Waals surface area contributed by atoms with Crippen LogP contribution >= 0.6 is 0 Å². The number of likely N-dealkylation sites (N-methyl/N-ethyl adjacent to an activating group) is 2. The van der Waals surface area contributed by atoms with Gasteiger partial charge in [-0.15, -0.1) is 0 Å². The number of amides is 1. The van der Waals surface area contributed by atoms with E-state index in [9.17, 15) is 9.90 Å². The molecule has 3 aliphatic heterocycles. The van der Waals surface area contributed by atoms with Gasteiger partial charge in [-0.05, 0) is 32.5 Å². The molecule has 2 aromatic rings. The van der Waals surface area contributed by atoms with Crippen LogP contribution in [0.25, 0.3) is 0 Å². The van der Waals surface area contributed by atoms with Gasteiger partial charge in [0.15, 0.2) is 17.4 Å². The van der Waals surface area contributed by atoms with E-state index in [4.69, 9.17) is 9.72 Å². The minimum atomic E-state index is -0.486. The van der Waals surface area contributed by atoms with Gasteiger partial charge >= 0.3 is 0 Å². The second kappa shape index (κ2) is 11.9. The number of carbonyl (C=O) groups excluding carboxylic acids is 1. The van der Waals surface area contributed by atoms with Crippen LogP contribution in [0.15, 0.2) is 18.3 Å². The van der Waals surface area contributed by atoms with E-state index in [1.54, 1.807) is 18.1 Å². The molecule has 1 amide bonds. The molecule has 3 N–H and O–H groups in total. The molecule has 2 atom stereocenters. The van der Waals surface area contributed by atoms with Crippen LogP contribution in [0, 0.1) is 5.82 Å². The number of aromatic nitrogens is 2. The summed E-state index contributed by atoms with van der Waals surface area (Å²) in [6.07, 6.45) is 3.61. The Morgan fingerprint density at radius 1 is 1.23 bits per heavy atom. The summed E-state index contributed by atoms with van der Waals surface area (Å²) in [5, 5.41) is 15.8. The molecule has 0 radical (unpaired) electrons.